The van der Waals surface area contributed by atoms with Crippen LogP contribution in [0.2, 0.25) is 0 Å². The van der Waals surface area contributed by atoms with Crippen molar-refractivity contribution in [1.29, 1.82) is 0 Å². The summed E-state index contributed by atoms with van der Waals surface area (Å²) in [6.45, 7) is 0.466. The van der Waals surface area contributed by atoms with Gasteiger partial charge in [0.15, 0.2) is 0 Å². The van der Waals surface area contributed by atoms with Gasteiger partial charge in [0.2, 0.25) is 5.91 Å². The normalized spacial score (nSPS) is 17.5. The molecular weight excluding hydrogens is 288 g/mol. The number of carbonyl (C=O) groups excluding carboxylic acids is 1. The monoisotopic (exact) mass is 306 g/mol. The molecule has 6 heteroatoms. The van der Waals surface area contributed by atoms with Crippen LogP contribution in [-0.2, 0) is 11.2 Å². The van der Waals surface area contributed by atoms with Gasteiger partial charge in [0, 0.05) is 29.5 Å². The fourth-order valence-corrected chi connectivity index (χ4v) is 2.63. The Morgan fingerprint density at radius 2 is 2.24 bits per heavy atom. The van der Waals surface area contributed by atoms with Gasteiger partial charge in [0.25, 0.3) is 5.69 Å². The lowest BCUT2D eigenvalue weighted by Gasteiger charge is -2.17. The third-order valence-electron chi connectivity index (χ3n) is 3.61. The number of hydrogen-bond donors (Lipinski definition) is 2. The average Bonchev–Trinajstić information content (AvgIpc) is 2.49. The second-order valence-electron chi connectivity index (χ2n) is 5.09. The first-order valence-corrected chi connectivity index (χ1v) is 7.41. The molecule has 5 nitrogen and oxygen atoms in total. The zero-order valence-corrected chi connectivity index (χ0v) is 12.5. The summed E-state index contributed by atoms with van der Waals surface area (Å²) in [6, 6.07) is 4.56. The highest BCUT2D eigenvalue weighted by Gasteiger charge is 2.18. The molecule has 0 aromatic heterocycles. The van der Waals surface area contributed by atoms with Gasteiger partial charge < -0.3 is 5.32 Å². The average molecular weight is 306 g/mol. The first-order valence-electron chi connectivity index (χ1n) is 6.97. The van der Waals surface area contributed by atoms with Crippen LogP contribution in [0.1, 0.15) is 24.8 Å². The second kappa shape index (κ2) is 7.26. The van der Waals surface area contributed by atoms with E-state index in [1.54, 1.807) is 6.07 Å². The zero-order valence-electron chi connectivity index (χ0n) is 11.6. The number of hydrogen-bond acceptors (Lipinski definition) is 4. The fourth-order valence-electron chi connectivity index (χ4n) is 2.38. The molecule has 0 bridgehead atoms. The molecule has 0 heterocycles. The van der Waals surface area contributed by atoms with E-state index < -0.39 is 4.92 Å². The van der Waals surface area contributed by atoms with Gasteiger partial charge in [-0.1, -0.05) is 12.2 Å². The van der Waals surface area contributed by atoms with Crippen molar-refractivity contribution in [3.8, 4) is 0 Å². The number of nitrogens with zero attached hydrogens (tertiary/aromatic N) is 1. The van der Waals surface area contributed by atoms with E-state index in [2.05, 4.69) is 24.0 Å². The first-order chi connectivity index (χ1) is 10.1. The van der Waals surface area contributed by atoms with Crippen LogP contribution in [0.5, 0.6) is 0 Å². The number of nitro benzene ring substituents is 1. The summed E-state index contributed by atoms with van der Waals surface area (Å²) >= 11 is 4.30. The molecule has 1 aliphatic rings. The molecule has 0 saturated carbocycles. The maximum absolute atomic E-state index is 12.0. The van der Waals surface area contributed by atoms with Crippen molar-refractivity contribution >= 4 is 24.2 Å². The third-order valence-corrected chi connectivity index (χ3v) is 4.04. The number of benzene rings is 1. The van der Waals surface area contributed by atoms with Crippen LogP contribution >= 0.6 is 12.6 Å². The summed E-state index contributed by atoms with van der Waals surface area (Å²) in [4.78, 5) is 23.0. The molecule has 1 aliphatic carbocycles. The van der Waals surface area contributed by atoms with Gasteiger partial charge >= 0.3 is 0 Å². The Hall–Kier alpha value is -1.82. The molecule has 0 radical (unpaired) electrons. The minimum atomic E-state index is -0.427. The Bertz CT molecular complexity index is 572. The van der Waals surface area contributed by atoms with Crippen LogP contribution in [0.15, 0.2) is 35.2 Å². The van der Waals surface area contributed by atoms with E-state index in [-0.39, 0.29) is 17.5 Å². The number of allylic oxidation sites excluding steroid dienone is 2. The Kier molecular flexibility index (Phi) is 5.38. The minimum absolute atomic E-state index is 0.0477. The Balaban J connectivity index is 1.88. The SMILES string of the molecule is O=C(NCCc1cc([N+](=O)[O-])ccc1S)C1CC=CCC1. The van der Waals surface area contributed by atoms with Gasteiger partial charge in [-0.25, -0.2) is 0 Å². The van der Waals surface area contributed by atoms with Crippen LogP contribution in [0, 0.1) is 16.0 Å². The number of amides is 1. The van der Waals surface area contributed by atoms with Crippen LogP contribution in [0.4, 0.5) is 5.69 Å². The summed E-state index contributed by atoms with van der Waals surface area (Å²) in [6.07, 6.45) is 7.30. The van der Waals surface area contributed by atoms with E-state index in [0.29, 0.717) is 17.9 Å². The van der Waals surface area contributed by atoms with E-state index >= 15 is 0 Å². The number of nitrogens with one attached hydrogen (secondary N) is 1. The first kappa shape index (κ1) is 15.6. The molecule has 1 amide bonds. The zero-order chi connectivity index (χ0) is 15.2. The summed E-state index contributed by atoms with van der Waals surface area (Å²) in [5, 5.41) is 13.7. The van der Waals surface area contributed by atoms with Crippen LogP contribution in [0.3, 0.4) is 0 Å². The van der Waals surface area contributed by atoms with Crippen LogP contribution < -0.4 is 5.32 Å². The Morgan fingerprint density at radius 1 is 1.43 bits per heavy atom. The highest BCUT2D eigenvalue weighted by atomic mass is 32.1. The topological polar surface area (TPSA) is 72.2 Å². The van der Waals surface area contributed by atoms with Crippen molar-refractivity contribution < 1.29 is 9.72 Å². The number of carbonyl (C=O) groups is 1. The molecule has 21 heavy (non-hydrogen) atoms. The fraction of sp³-hybridized carbons (Fsp3) is 0.400. The number of thiol groups is 1. The molecule has 0 saturated heterocycles. The Labute approximate surface area is 129 Å². The molecule has 1 aromatic rings. The predicted molar refractivity (Wildman–Crippen MR) is 83.5 cm³/mol. The van der Waals surface area contributed by atoms with E-state index in [0.717, 1.165) is 24.8 Å². The molecule has 0 aliphatic heterocycles. The molecule has 0 spiro atoms. The predicted octanol–water partition coefficient (Wildman–Crippen LogP) is 2.90. The number of nitro groups is 1. The van der Waals surface area contributed by atoms with Crippen LogP contribution in [-0.4, -0.2) is 17.4 Å². The van der Waals surface area contributed by atoms with E-state index in [4.69, 9.17) is 0 Å². The lowest BCUT2D eigenvalue weighted by atomic mass is 9.93. The molecule has 0 fully saturated rings. The van der Waals surface area contributed by atoms with Gasteiger partial charge in [-0.15, -0.1) is 12.6 Å². The summed E-state index contributed by atoms with van der Waals surface area (Å²) in [5.41, 5.74) is 0.822. The van der Waals surface area contributed by atoms with Crippen molar-refractivity contribution in [2.45, 2.75) is 30.6 Å². The highest BCUT2D eigenvalue weighted by molar-refractivity contribution is 7.80. The van der Waals surface area contributed by atoms with E-state index in [1.807, 2.05) is 6.08 Å². The van der Waals surface area contributed by atoms with Gasteiger partial charge in [0.05, 0.1) is 4.92 Å². The van der Waals surface area contributed by atoms with Gasteiger partial charge in [-0.2, -0.15) is 0 Å². The molecule has 112 valence electrons. The van der Waals surface area contributed by atoms with Gasteiger partial charge in [-0.3, -0.25) is 14.9 Å². The standard InChI is InChI=1S/C15H18N2O3S/c18-15(11-4-2-1-3-5-11)16-9-8-12-10-13(17(19)20)6-7-14(12)21/h1-2,6-7,10-11,21H,3-5,8-9H2,(H,16,18). The summed E-state index contributed by atoms with van der Waals surface area (Å²) < 4.78 is 0. The van der Waals surface area contributed by atoms with Crippen molar-refractivity contribution in [2.75, 3.05) is 6.54 Å². The quantitative estimate of drug-likeness (QED) is 0.380. The molecule has 1 aromatic carbocycles. The molecule has 2 rings (SSSR count). The number of non-ortho nitro benzene ring substituents is 1. The van der Waals surface area contributed by atoms with E-state index in [9.17, 15) is 14.9 Å². The van der Waals surface area contributed by atoms with Gasteiger partial charge in [0.1, 0.15) is 0 Å². The van der Waals surface area contributed by atoms with Crippen molar-refractivity contribution in [1.82, 2.24) is 5.32 Å². The number of rotatable bonds is 5. The van der Waals surface area contributed by atoms with Crippen molar-refractivity contribution in [2.24, 2.45) is 5.92 Å². The molecule has 1 N–H and O–H groups in total. The van der Waals surface area contributed by atoms with Crippen molar-refractivity contribution in [3.05, 3.63) is 46.0 Å². The second-order valence-corrected chi connectivity index (χ2v) is 5.57. The third kappa shape index (κ3) is 4.32. The largest absolute Gasteiger partial charge is 0.356 e. The van der Waals surface area contributed by atoms with Crippen molar-refractivity contribution in [3.63, 3.8) is 0 Å². The molecular formula is C15H18N2O3S. The smallest absolute Gasteiger partial charge is 0.269 e. The lowest BCUT2D eigenvalue weighted by molar-refractivity contribution is -0.385. The summed E-state index contributed by atoms with van der Waals surface area (Å²) in [7, 11) is 0. The maximum atomic E-state index is 12.0. The van der Waals surface area contributed by atoms with Gasteiger partial charge in [-0.05, 0) is 37.3 Å². The molecule has 1 atom stereocenters. The summed E-state index contributed by atoms with van der Waals surface area (Å²) in [5.74, 6) is 0.112. The maximum Gasteiger partial charge on any atom is 0.269 e. The lowest BCUT2D eigenvalue weighted by Crippen LogP contribution is -2.32. The molecule has 1 unspecified atom stereocenters. The minimum Gasteiger partial charge on any atom is -0.356 e. The van der Waals surface area contributed by atoms with E-state index in [1.165, 1.54) is 12.1 Å². The van der Waals surface area contributed by atoms with Crippen LogP contribution in [0.25, 0.3) is 0 Å². The Morgan fingerprint density at radius 3 is 2.90 bits per heavy atom. The highest BCUT2D eigenvalue weighted by Crippen LogP contribution is 2.21.